The minimum absolute atomic E-state index is 0.0577. The lowest BCUT2D eigenvalue weighted by molar-refractivity contribution is 0.0376. The van der Waals surface area contributed by atoms with Gasteiger partial charge in [0.1, 0.15) is 16.4 Å². The highest BCUT2D eigenvalue weighted by Gasteiger charge is 2.39. The predicted molar refractivity (Wildman–Crippen MR) is 106 cm³/mol. The van der Waals surface area contributed by atoms with E-state index < -0.39 is 10.0 Å². The van der Waals surface area contributed by atoms with E-state index in [-0.39, 0.29) is 10.4 Å². The Morgan fingerprint density at radius 2 is 1.67 bits per heavy atom. The van der Waals surface area contributed by atoms with E-state index in [2.05, 4.69) is 9.62 Å². The van der Waals surface area contributed by atoms with Crippen LogP contribution in [0.1, 0.15) is 51.4 Å². The molecule has 1 saturated heterocycles. The van der Waals surface area contributed by atoms with Gasteiger partial charge in [0.05, 0.1) is 14.2 Å². The fourth-order valence-electron chi connectivity index (χ4n) is 4.48. The summed E-state index contributed by atoms with van der Waals surface area (Å²) in [4.78, 5) is 2.68. The summed E-state index contributed by atoms with van der Waals surface area (Å²) in [5, 5.41) is 0. The van der Waals surface area contributed by atoms with E-state index >= 15 is 0 Å². The molecule has 3 rings (SSSR count). The number of ether oxygens (including phenoxy) is 2. The zero-order valence-electron chi connectivity index (χ0n) is 16.5. The van der Waals surface area contributed by atoms with Crippen molar-refractivity contribution in [1.29, 1.82) is 0 Å². The zero-order valence-corrected chi connectivity index (χ0v) is 17.3. The molecule has 6 nitrogen and oxygen atoms in total. The van der Waals surface area contributed by atoms with E-state index in [1.807, 2.05) is 0 Å². The molecule has 1 saturated carbocycles. The average Bonchev–Trinajstić information content (AvgIpc) is 2.73. The lowest BCUT2D eigenvalue weighted by Crippen LogP contribution is -2.58. The summed E-state index contributed by atoms with van der Waals surface area (Å²) in [5.41, 5.74) is -0.0577. The number of hydrogen-bond acceptors (Lipinski definition) is 5. The number of benzene rings is 1. The largest absolute Gasteiger partial charge is 0.497 e. The Kier molecular flexibility index (Phi) is 6.65. The molecule has 1 aliphatic carbocycles. The van der Waals surface area contributed by atoms with Crippen molar-refractivity contribution in [2.45, 2.75) is 61.8 Å². The van der Waals surface area contributed by atoms with E-state index in [0.29, 0.717) is 18.0 Å². The highest BCUT2D eigenvalue weighted by molar-refractivity contribution is 7.89. The lowest BCUT2D eigenvalue weighted by Gasteiger charge is -2.48. The number of sulfonamides is 1. The van der Waals surface area contributed by atoms with Gasteiger partial charge in [-0.2, -0.15) is 0 Å². The van der Waals surface area contributed by atoms with Crippen LogP contribution in [0.2, 0.25) is 0 Å². The van der Waals surface area contributed by atoms with Crippen LogP contribution in [-0.4, -0.2) is 52.7 Å². The normalized spacial score (nSPS) is 21.0. The first-order chi connectivity index (χ1) is 13.0. The fraction of sp³-hybridized carbons (Fsp3) is 0.700. The van der Waals surface area contributed by atoms with Crippen molar-refractivity contribution in [2.24, 2.45) is 0 Å². The smallest absolute Gasteiger partial charge is 0.244 e. The number of methoxy groups -OCH3 is 2. The van der Waals surface area contributed by atoms with Crippen molar-refractivity contribution >= 4 is 10.0 Å². The molecule has 2 fully saturated rings. The van der Waals surface area contributed by atoms with Gasteiger partial charge in [-0.15, -0.1) is 0 Å². The summed E-state index contributed by atoms with van der Waals surface area (Å²) in [6.07, 6.45) is 9.39. The Labute approximate surface area is 163 Å². The minimum atomic E-state index is -3.69. The summed E-state index contributed by atoms with van der Waals surface area (Å²) in [6, 6.07) is 4.86. The summed E-state index contributed by atoms with van der Waals surface area (Å²) in [7, 11) is -0.683. The number of piperidine rings is 1. The molecule has 0 amide bonds. The maximum Gasteiger partial charge on any atom is 0.244 e. The highest BCUT2D eigenvalue weighted by Crippen LogP contribution is 2.36. The molecule has 1 aromatic rings. The van der Waals surface area contributed by atoms with Crippen LogP contribution in [0.4, 0.5) is 0 Å². The molecule has 0 bridgehead atoms. The van der Waals surface area contributed by atoms with Gasteiger partial charge in [-0.3, -0.25) is 4.90 Å². The fourth-order valence-corrected chi connectivity index (χ4v) is 5.79. The van der Waals surface area contributed by atoms with Gasteiger partial charge < -0.3 is 9.47 Å². The molecule has 1 N–H and O–H groups in total. The Balaban J connectivity index is 1.82. The van der Waals surface area contributed by atoms with Crippen LogP contribution < -0.4 is 14.2 Å². The maximum absolute atomic E-state index is 13.1. The molecule has 0 atom stereocenters. The van der Waals surface area contributed by atoms with Crippen LogP contribution in [0.3, 0.4) is 0 Å². The molecule has 27 heavy (non-hydrogen) atoms. The van der Waals surface area contributed by atoms with Crippen molar-refractivity contribution < 1.29 is 17.9 Å². The van der Waals surface area contributed by atoms with Crippen LogP contribution in [0.25, 0.3) is 0 Å². The summed E-state index contributed by atoms with van der Waals surface area (Å²) in [6.45, 7) is 2.60. The number of nitrogens with zero attached hydrogens (tertiary/aromatic N) is 1. The molecule has 1 heterocycles. The zero-order chi connectivity index (χ0) is 19.3. The Bertz CT molecular complexity index is 723. The van der Waals surface area contributed by atoms with Crippen molar-refractivity contribution in [1.82, 2.24) is 9.62 Å². The lowest BCUT2D eigenvalue weighted by atomic mass is 9.79. The maximum atomic E-state index is 13.1. The second-order valence-corrected chi connectivity index (χ2v) is 9.41. The first-order valence-electron chi connectivity index (χ1n) is 9.97. The number of likely N-dealkylation sites (tertiary alicyclic amines) is 1. The summed E-state index contributed by atoms with van der Waals surface area (Å²) in [5.74, 6) is 0.832. The third-order valence-corrected chi connectivity index (χ3v) is 7.49. The van der Waals surface area contributed by atoms with Crippen molar-refractivity contribution in [3.63, 3.8) is 0 Å². The first kappa shape index (κ1) is 20.4. The Morgan fingerprint density at radius 1 is 1.00 bits per heavy atom. The minimum Gasteiger partial charge on any atom is -0.497 e. The number of hydrogen-bond donors (Lipinski definition) is 1. The van der Waals surface area contributed by atoms with E-state index in [9.17, 15) is 8.42 Å². The second kappa shape index (κ2) is 8.80. The monoisotopic (exact) mass is 396 g/mol. The van der Waals surface area contributed by atoms with Gasteiger partial charge >= 0.3 is 0 Å². The van der Waals surface area contributed by atoms with Gasteiger partial charge in [-0.05, 0) is 50.9 Å². The molecular weight excluding hydrogens is 364 g/mol. The second-order valence-electron chi connectivity index (χ2n) is 7.67. The van der Waals surface area contributed by atoms with Gasteiger partial charge in [0, 0.05) is 18.2 Å². The van der Waals surface area contributed by atoms with Crippen molar-refractivity contribution in [3.8, 4) is 11.5 Å². The summed E-state index contributed by atoms with van der Waals surface area (Å²) < 4.78 is 39.6. The van der Waals surface area contributed by atoms with Gasteiger partial charge in [0.25, 0.3) is 0 Å². The molecule has 0 radical (unpaired) electrons. The van der Waals surface area contributed by atoms with Gasteiger partial charge in [-0.25, -0.2) is 13.1 Å². The number of rotatable bonds is 7. The Morgan fingerprint density at radius 3 is 2.30 bits per heavy atom. The summed E-state index contributed by atoms with van der Waals surface area (Å²) >= 11 is 0. The van der Waals surface area contributed by atoms with Gasteiger partial charge in [0.15, 0.2) is 0 Å². The molecule has 152 valence electrons. The molecule has 2 aliphatic rings. The third kappa shape index (κ3) is 4.58. The predicted octanol–water partition coefficient (Wildman–Crippen LogP) is 3.17. The molecular formula is C20H32N2O4S. The van der Waals surface area contributed by atoms with Crippen molar-refractivity contribution in [3.05, 3.63) is 18.2 Å². The molecule has 0 spiro atoms. The van der Waals surface area contributed by atoms with Gasteiger partial charge in [-0.1, -0.05) is 25.7 Å². The highest BCUT2D eigenvalue weighted by atomic mass is 32.2. The molecule has 1 aromatic carbocycles. The SMILES string of the molecule is COc1ccc(OC)c(S(=O)(=O)NCC2(N3CCCCC3)CCCCC2)c1. The van der Waals surface area contributed by atoms with Gasteiger partial charge in [0.2, 0.25) is 10.0 Å². The van der Waals surface area contributed by atoms with Crippen LogP contribution >= 0.6 is 0 Å². The third-order valence-electron chi connectivity index (χ3n) is 6.06. The molecule has 1 aliphatic heterocycles. The van der Waals surface area contributed by atoms with E-state index in [1.165, 1.54) is 58.8 Å². The van der Waals surface area contributed by atoms with Crippen LogP contribution in [0.5, 0.6) is 11.5 Å². The molecule has 0 unspecified atom stereocenters. The first-order valence-corrected chi connectivity index (χ1v) is 11.5. The van der Waals surface area contributed by atoms with Crippen LogP contribution in [0.15, 0.2) is 23.1 Å². The standard InChI is InChI=1S/C20H32N2O4S/c1-25-17-9-10-18(26-2)19(15-17)27(23,24)21-16-20(11-5-3-6-12-20)22-13-7-4-8-14-22/h9-10,15,21H,3-8,11-14,16H2,1-2H3. The van der Waals surface area contributed by atoms with Crippen molar-refractivity contribution in [2.75, 3.05) is 33.9 Å². The Hall–Kier alpha value is -1.31. The van der Waals surface area contributed by atoms with E-state index in [4.69, 9.17) is 9.47 Å². The number of nitrogens with one attached hydrogen (secondary N) is 1. The quantitative estimate of drug-likeness (QED) is 0.767. The van der Waals surface area contributed by atoms with E-state index in [1.54, 1.807) is 12.1 Å². The molecule has 0 aromatic heterocycles. The van der Waals surface area contributed by atoms with E-state index in [0.717, 1.165) is 25.9 Å². The average molecular weight is 397 g/mol. The van der Waals surface area contributed by atoms with Crippen LogP contribution in [-0.2, 0) is 10.0 Å². The molecule has 7 heteroatoms. The van der Waals surface area contributed by atoms with Crippen LogP contribution in [0, 0.1) is 0 Å². The topological polar surface area (TPSA) is 67.9 Å².